The minimum Gasteiger partial charge on any atom is -0.489 e. The van der Waals surface area contributed by atoms with Crippen LogP contribution in [-0.2, 0) is 19.3 Å². The SMILES string of the molecule is Cc1ccc(F)c(COc2cccc(-c3c4cccc(C(F)(F)F)c4nn3Cc3ccc(Cl)cc3F)c2)c1F. The summed E-state index contributed by atoms with van der Waals surface area (Å²) in [7, 11) is 0. The number of hydrogen-bond donors (Lipinski definition) is 0. The van der Waals surface area contributed by atoms with Crippen molar-refractivity contribution in [1.29, 1.82) is 0 Å². The fourth-order valence-corrected chi connectivity index (χ4v) is 4.51. The monoisotopic (exact) mass is 560 g/mol. The number of aromatic nitrogens is 2. The summed E-state index contributed by atoms with van der Waals surface area (Å²) >= 11 is 5.85. The van der Waals surface area contributed by atoms with E-state index in [0.29, 0.717) is 5.56 Å². The lowest BCUT2D eigenvalue weighted by Gasteiger charge is -2.12. The molecule has 0 saturated heterocycles. The lowest BCUT2D eigenvalue weighted by Crippen LogP contribution is -2.07. The number of nitrogens with zero attached hydrogens (tertiary/aromatic N) is 2. The third kappa shape index (κ3) is 5.31. The van der Waals surface area contributed by atoms with Gasteiger partial charge in [0.2, 0.25) is 0 Å². The smallest absolute Gasteiger partial charge is 0.418 e. The molecule has 0 saturated carbocycles. The summed E-state index contributed by atoms with van der Waals surface area (Å²) in [5.41, 5.74) is -0.366. The zero-order valence-electron chi connectivity index (χ0n) is 20.3. The van der Waals surface area contributed by atoms with Crippen molar-refractivity contribution < 1.29 is 31.1 Å². The second-order valence-corrected chi connectivity index (χ2v) is 9.35. The molecule has 0 aliphatic carbocycles. The first-order chi connectivity index (χ1) is 18.5. The van der Waals surface area contributed by atoms with E-state index in [0.717, 1.165) is 18.2 Å². The Bertz CT molecular complexity index is 1700. The largest absolute Gasteiger partial charge is 0.489 e. The molecule has 39 heavy (non-hydrogen) atoms. The molecule has 3 nitrogen and oxygen atoms in total. The lowest BCUT2D eigenvalue weighted by atomic mass is 10.0. The fraction of sp³-hybridized carbons (Fsp3) is 0.138. The lowest BCUT2D eigenvalue weighted by molar-refractivity contribution is -0.136. The van der Waals surface area contributed by atoms with E-state index in [2.05, 4.69) is 5.10 Å². The highest BCUT2D eigenvalue weighted by Crippen LogP contribution is 2.39. The van der Waals surface area contributed by atoms with E-state index in [1.807, 2.05) is 0 Å². The van der Waals surface area contributed by atoms with Crippen LogP contribution in [0.3, 0.4) is 0 Å². The Labute approximate surface area is 224 Å². The van der Waals surface area contributed by atoms with Crippen molar-refractivity contribution in [2.24, 2.45) is 0 Å². The third-order valence-electron chi connectivity index (χ3n) is 6.28. The molecule has 0 aliphatic heterocycles. The zero-order valence-corrected chi connectivity index (χ0v) is 21.0. The van der Waals surface area contributed by atoms with E-state index in [1.54, 1.807) is 18.2 Å². The van der Waals surface area contributed by atoms with Crippen LogP contribution in [0.1, 0.15) is 22.3 Å². The molecule has 0 radical (unpaired) electrons. The molecule has 5 rings (SSSR count). The fourth-order valence-electron chi connectivity index (χ4n) is 4.35. The maximum Gasteiger partial charge on any atom is 0.418 e. The minimum atomic E-state index is -4.67. The van der Waals surface area contributed by atoms with Crippen LogP contribution < -0.4 is 4.74 Å². The van der Waals surface area contributed by atoms with Crippen molar-refractivity contribution in [3.63, 3.8) is 0 Å². The molecule has 0 aliphatic rings. The summed E-state index contributed by atoms with van der Waals surface area (Å²) in [4.78, 5) is 0. The van der Waals surface area contributed by atoms with Crippen LogP contribution in [0.4, 0.5) is 26.3 Å². The Morgan fingerprint density at radius 3 is 2.41 bits per heavy atom. The van der Waals surface area contributed by atoms with Crippen LogP contribution in [0, 0.1) is 24.4 Å². The summed E-state index contributed by atoms with van der Waals surface area (Å²) in [5, 5.41) is 4.59. The molecule has 1 aromatic heterocycles. The van der Waals surface area contributed by atoms with Crippen LogP contribution in [0.5, 0.6) is 5.75 Å². The van der Waals surface area contributed by atoms with E-state index in [4.69, 9.17) is 16.3 Å². The standard InChI is InChI=1S/C29H19ClF6N2O/c1-16-8-11-24(31)22(26(16)33)15-39-20-5-2-4-17(12-20)28-21-6-3-7-23(29(34,35)36)27(21)37-38(28)14-18-9-10-19(30)13-25(18)32/h2-13H,14-15H2,1H3. The van der Waals surface area contributed by atoms with E-state index in [9.17, 15) is 26.3 Å². The normalized spacial score (nSPS) is 11.8. The van der Waals surface area contributed by atoms with Gasteiger partial charge in [-0.05, 0) is 48.9 Å². The predicted octanol–water partition coefficient (Wildman–Crippen LogP) is 8.73. The number of aryl methyl sites for hydroxylation is 1. The first kappa shape index (κ1) is 26.6. The van der Waals surface area contributed by atoms with Gasteiger partial charge in [-0.25, -0.2) is 13.2 Å². The molecule has 0 spiro atoms. The molecule has 10 heteroatoms. The number of alkyl halides is 3. The van der Waals surface area contributed by atoms with Crippen molar-refractivity contribution in [3.05, 3.63) is 118 Å². The Morgan fingerprint density at radius 2 is 1.67 bits per heavy atom. The van der Waals surface area contributed by atoms with E-state index in [1.165, 1.54) is 48.0 Å². The molecular formula is C29H19ClF6N2O. The minimum absolute atomic E-state index is 0.166. The highest BCUT2D eigenvalue weighted by molar-refractivity contribution is 6.30. The van der Waals surface area contributed by atoms with Crippen LogP contribution in [-0.4, -0.2) is 9.78 Å². The van der Waals surface area contributed by atoms with Crippen molar-refractivity contribution >= 4 is 22.5 Å². The molecule has 200 valence electrons. The Morgan fingerprint density at radius 1 is 0.897 bits per heavy atom. The maximum atomic E-state index is 14.6. The molecule has 4 aromatic carbocycles. The van der Waals surface area contributed by atoms with Gasteiger partial charge in [0.15, 0.2) is 0 Å². The topological polar surface area (TPSA) is 27.1 Å². The van der Waals surface area contributed by atoms with Crippen LogP contribution in [0.2, 0.25) is 5.02 Å². The average Bonchev–Trinajstić information content (AvgIpc) is 3.25. The van der Waals surface area contributed by atoms with Crippen LogP contribution >= 0.6 is 11.6 Å². The second kappa shape index (κ2) is 10.3. The summed E-state index contributed by atoms with van der Waals surface area (Å²) in [6, 6.07) is 16.5. The molecule has 0 fully saturated rings. The Kier molecular flexibility index (Phi) is 7.03. The first-order valence-electron chi connectivity index (χ1n) is 11.7. The summed E-state index contributed by atoms with van der Waals surface area (Å²) < 4.78 is 91.6. The second-order valence-electron chi connectivity index (χ2n) is 8.91. The number of hydrogen-bond acceptors (Lipinski definition) is 2. The van der Waals surface area contributed by atoms with Crippen molar-refractivity contribution in [1.82, 2.24) is 9.78 Å². The zero-order chi connectivity index (χ0) is 27.9. The summed E-state index contributed by atoms with van der Waals surface area (Å²) in [5.74, 6) is -1.90. The number of benzene rings is 4. The van der Waals surface area contributed by atoms with Gasteiger partial charge < -0.3 is 4.74 Å². The molecule has 0 atom stereocenters. The van der Waals surface area contributed by atoms with Gasteiger partial charge >= 0.3 is 6.18 Å². The van der Waals surface area contributed by atoms with Crippen molar-refractivity contribution in [2.75, 3.05) is 0 Å². The third-order valence-corrected chi connectivity index (χ3v) is 6.52. The summed E-state index contributed by atoms with van der Waals surface area (Å²) in [6.07, 6.45) is -4.67. The molecule has 0 N–H and O–H groups in total. The van der Waals surface area contributed by atoms with E-state index < -0.39 is 35.8 Å². The molecule has 0 unspecified atom stereocenters. The van der Waals surface area contributed by atoms with Crippen molar-refractivity contribution in [3.8, 4) is 17.0 Å². The highest BCUT2D eigenvalue weighted by atomic mass is 35.5. The van der Waals surface area contributed by atoms with Crippen LogP contribution in [0.15, 0.2) is 72.8 Å². The van der Waals surface area contributed by atoms with Crippen molar-refractivity contribution in [2.45, 2.75) is 26.3 Å². The average molecular weight is 561 g/mol. The number of fused-ring (bicyclic) bond motifs is 1. The van der Waals surface area contributed by atoms with Gasteiger partial charge in [0.25, 0.3) is 0 Å². The maximum absolute atomic E-state index is 14.6. The van der Waals surface area contributed by atoms with E-state index >= 15 is 0 Å². The quantitative estimate of drug-likeness (QED) is 0.194. The molecule has 1 heterocycles. The summed E-state index contributed by atoms with van der Waals surface area (Å²) in [6.45, 7) is 0.913. The van der Waals surface area contributed by atoms with Crippen LogP contribution in [0.25, 0.3) is 22.2 Å². The van der Waals surface area contributed by atoms with Gasteiger partial charge in [0.05, 0.1) is 23.4 Å². The molecule has 0 amide bonds. The Balaban J connectivity index is 1.60. The van der Waals surface area contributed by atoms with Gasteiger partial charge in [-0.1, -0.05) is 48.0 Å². The molecule has 5 aromatic rings. The first-order valence-corrected chi connectivity index (χ1v) is 12.1. The molecular weight excluding hydrogens is 542 g/mol. The number of rotatable bonds is 6. The van der Waals surface area contributed by atoms with Gasteiger partial charge in [-0.15, -0.1) is 0 Å². The van der Waals surface area contributed by atoms with E-state index in [-0.39, 0.29) is 50.6 Å². The predicted molar refractivity (Wildman–Crippen MR) is 136 cm³/mol. The van der Waals surface area contributed by atoms with Gasteiger partial charge in [-0.3, -0.25) is 4.68 Å². The Hall–Kier alpha value is -3.98. The van der Waals surface area contributed by atoms with Gasteiger partial charge in [-0.2, -0.15) is 18.3 Å². The number of halogens is 7. The molecule has 0 bridgehead atoms. The highest BCUT2D eigenvalue weighted by Gasteiger charge is 2.34. The number of ether oxygens (including phenoxy) is 1. The van der Waals surface area contributed by atoms with Gasteiger partial charge in [0.1, 0.15) is 35.3 Å². The van der Waals surface area contributed by atoms with Gasteiger partial charge in [0, 0.05) is 21.5 Å².